The molecule has 0 atom stereocenters. The van der Waals surface area contributed by atoms with Crippen LogP contribution >= 0.6 is 0 Å². The van der Waals surface area contributed by atoms with Gasteiger partial charge in [0.2, 0.25) is 0 Å². The predicted octanol–water partition coefficient (Wildman–Crippen LogP) is 13.1. The molecule has 0 amide bonds. The molecule has 0 aliphatic carbocycles. The number of fused-ring (bicyclic) bond motifs is 9. The van der Waals surface area contributed by atoms with Crippen molar-refractivity contribution < 1.29 is 0 Å². The van der Waals surface area contributed by atoms with E-state index in [9.17, 15) is 5.26 Å². The van der Waals surface area contributed by atoms with Gasteiger partial charge in [-0.3, -0.25) is 0 Å². The van der Waals surface area contributed by atoms with Gasteiger partial charge in [-0.25, -0.2) is 4.85 Å². The van der Waals surface area contributed by atoms with Gasteiger partial charge in [0.05, 0.1) is 62.7 Å². The van der Waals surface area contributed by atoms with Crippen LogP contribution in [0.3, 0.4) is 0 Å². The van der Waals surface area contributed by atoms with Gasteiger partial charge in [-0.1, -0.05) is 103 Å². The van der Waals surface area contributed by atoms with Crippen molar-refractivity contribution in [3.05, 3.63) is 193 Å². The molecule has 0 aliphatic heterocycles. The van der Waals surface area contributed by atoms with E-state index >= 15 is 0 Å². The van der Waals surface area contributed by atoms with Gasteiger partial charge in [0.15, 0.2) is 5.69 Å². The summed E-state index contributed by atoms with van der Waals surface area (Å²) in [6, 6.07) is 63.7. The highest BCUT2D eigenvalue weighted by Gasteiger charge is 2.21. The van der Waals surface area contributed by atoms with Gasteiger partial charge in [0, 0.05) is 38.0 Å². The van der Waals surface area contributed by atoms with E-state index in [1.165, 1.54) is 21.5 Å². The Hall–Kier alpha value is -7.86. The fraction of sp³-hybridized carbons (Fsp3) is 0. The number of hydrogen-bond acceptors (Lipinski definition) is 1. The Labute approximate surface area is 316 Å². The highest BCUT2D eigenvalue weighted by atomic mass is 15.1. The molecule has 254 valence electrons. The largest absolute Gasteiger partial charge is 0.309 e. The summed E-state index contributed by atoms with van der Waals surface area (Å²) in [5, 5.41) is 16.8. The average molecular weight is 700 g/mol. The lowest BCUT2D eigenvalue weighted by molar-refractivity contribution is 1.13. The Bertz CT molecular complexity index is 3350. The molecule has 5 heteroatoms. The molecule has 0 fully saturated rings. The molecule has 0 saturated carbocycles. The van der Waals surface area contributed by atoms with Gasteiger partial charge in [0.25, 0.3) is 0 Å². The second-order valence-corrected chi connectivity index (χ2v) is 14.0. The maximum absolute atomic E-state index is 9.94. The van der Waals surface area contributed by atoms with Gasteiger partial charge in [0.1, 0.15) is 0 Å². The van der Waals surface area contributed by atoms with Crippen molar-refractivity contribution in [1.29, 1.82) is 5.26 Å². The predicted molar refractivity (Wildman–Crippen MR) is 226 cm³/mol. The number of rotatable bonds is 4. The minimum absolute atomic E-state index is 0.593. The van der Waals surface area contributed by atoms with Crippen LogP contribution in [0.2, 0.25) is 0 Å². The Morgan fingerprint density at radius 1 is 0.436 bits per heavy atom. The van der Waals surface area contributed by atoms with E-state index in [4.69, 9.17) is 6.57 Å². The fourth-order valence-electron chi connectivity index (χ4n) is 8.74. The van der Waals surface area contributed by atoms with E-state index < -0.39 is 0 Å². The lowest BCUT2D eigenvalue weighted by Gasteiger charge is -2.16. The van der Waals surface area contributed by atoms with Crippen LogP contribution < -0.4 is 0 Å². The molecule has 5 nitrogen and oxygen atoms in total. The summed E-state index contributed by atoms with van der Waals surface area (Å²) in [6.07, 6.45) is 0. The highest BCUT2D eigenvalue weighted by Crippen LogP contribution is 2.42. The molecule has 8 aromatic carbocycles. The van der Waals surface area contributed by atoms with E-state index in [0.29, 0.717) is 11.3 Å². The van der Waals surface area contributed by atoms with Gasteiger partial charge >= 0.3 is 0 Å². The first kappa shape index (κ1) is 30.7. The van der Waals surface area contributed by atoms with Crippen LogP contribution in [0, 0.1) is 17.9 Å². The van der Waals surface area contributed by atoms with Crippen molar-refractivity contribution in [1.82, 2.24) is 13.7 Å². The van der Waals surface area contributed by atoms with Crippen LogP contribution in [0.15, 0.2) is 176 Å². The summed E-state index contributed by atoms with van der Waals surface area (Å²) in [7, 11) is 0. The lowest BCUT2D eigenvalue weighted by atomic mass is 10.0. The fourth-order valence-corrected chi connectivity index (χ4v) is 8.74. The monoisotopic (exact) mass is 699 g/mol. The van der Waals surface area contributed by atoms with Crippen molar-refractivity contribution >= 4 is 71.1 Å². The van der Waals surface area contributed by atoms with Crippen LogP contribution in [0.25, 0.3) is 98.5 Å². The number of hydrogen-bond donors (Lipinski definition) is 0. The van der Waals surface area contributed by atoms with Gasteiger partial charge in [-0.05, 0) is 83.9 Å². The van der Waals surface area contributed by atoms with Gasteiger partial charge in [-0.15, -0.1) is 0 Å². The second-order valence-electron chi connectivity index (χ2n) is 14.0. The molecule has 0 spiro atoms. The highest BCUT2D eigenvalue weighted by molar-refractivity contribution is 6.15. The van der Waals surface area contributed by atoms with E-state index in [-0.39, 0.29) is 0 Å². The van der Waals surface area contributed by atoms with E-state index in [1.54, 1.807) is 0 Å². The quantitative estimate of drug-likeness (QED) is 0.169. The molecule has 0 bridgehead atoms. The first-order valence-corrected chi connectivity index (χ1v) is 18.3. The maximum atomic E-state index is 9.94. The standard InChI is InChI=1S/C50H29N5/c1-52-34-24-28-47(54-43-16-6-2-11-36(43)37-12-3-7-17-44(37)54)41(30-34)33-22-25-35(26-23-33)53-48-27-21-32(31-51)29-42(48)40-15-10-20-49(50(40)53)55-45-18-8-4-13-38(45)39-14-5-9-19-46(39)55/h2-30H. The molecular weight excluding hydrogens is 671 g/mol. The first-order chi connectivity index (χ1) is 27.2. The van der Waals surface area contributed by atoms with Crippen molar-refractivity contribution in [3.8, 4) is 34.3 Å². The molecule has 3 heterocycles. The van der Waals surface area contributed by atoms with E-state index in [1.807, 2.05) is 24.3 Å². The van der Waals surface area contributed by atoms with Crippen LogP contribution in [-0.4, -0.2) is 13.7 Å². The number of nitriles is 1. The Balaban J connectivity index is 1.16. The Morgan fingerprint density at radius 3 is 1.53 bits per heavy atom. The number of para-hydroxylation sites is 5. The summed E-state index contributed by atoms with van der Waals surface area (Å²) in [5.74, 6) is 0. The van der Waals surface area contributed by atoms with E-state index in [0.717, 1.165) is 72.1 Å². The molecule has 11 rings (SSSR count). The summed E-state index contributed by atoms with van der Waals surface area (Å²) in [6.45, 7) is 7.89. The van der Waals surface area contributed by atoms with Crippen molar-refractivity contribution in [2.45, 2.75) is 0 Å². The zero-order valence-electron chi connectivity index (χ0n) is 29.5. The topological polar surface area (TPSA) is 42.9 Å². The molecule has 0 N–H and O–H groups in total. The SMILES string of the molecule is [C-]#[N+]c1ccc(-n2c3ccccc3c3ccccc32)c(-c2ccc(-n3c4ccc(C#N)cc4c4cccc(-n5c6ccccc6c6ccccc65)c43)cc2)c1. The minimum Gasteiger partial charge on any atom is -0.309 e. The molecule has 11 aromatic rings. The van der Waals surface area contributed by atoms with Crippen LogP contribution in [0.5, 0.6) is 0 Å². The summed E-state index contributed by atoms with van der Waals surface area (Å²) < 4.78 is 7.02. The molecule has 0 aliphatic rings. The van der Waals surface area contributed by atoms with Crippen molar-refractivity contribution in [2.24, 2.45) is 0 Å². The summed E-state index contributed by atoms with van der Waals surface area (Å²) >= 11 is 0. The van der Waals surface area contributed by atoms with E-state index in [2.05, 4.69) is 176 Å². The molecule has 55 heavy (non-hydrogen) atoms. The third-order valence-corrected chi connectivity index (χ3v) is 11.1. The molecule has 0 radical (unpaired) electrons. The third-order valence-electron chi connectivity index (χ3n) is 11.1. The number of benzene rings is 8. The summed E-state index contributed by atoms with van der Waals surface area (Å²) in [4.78, 5) is 3.83. The van der Waals surface area contributed by atoms with Crippen LogP contribution in [-0.2, 0) is 0 Å². The second kappa shape index (κ2) is 11.8. The Morgan fingerprint density at radius 2 is 0.964 bits per heavy atom. The molecular formula is C50H29N5. The van der Waals surface area contributed by atoms with Crippen LogP contribution in [0.4, 0.5) is 5.69 Å². The summed E-state index contributed by atoms with van der Waals surface area (Å²) in [5.41, 5.74) is 12.9. The molecule has 0 saturated heterocycles. The zero-order chi connectivity index (χ0) is 36.6. The molecule has 3 aromatic heterocycles. The van der Waals surface area contributed by atoms with Gasteiger partial charge < -0.3 is 13.7 Å². The normalized spacial score (nSPS) is 11.6. The minimum atomic E-state index is 0.593. The smallest absolute Gasteiger partial charge is 0.188 e. The Kier molecular flexibility index (Phi) is 6.61. The maximum Gasteiger partial charge on any atom is 0.188 e. The van der Waals surface area contributed by atoms with Crippen molar-refractivity contribution in [3.63, 3.8) is 0 Å². The van der Waals surface area contributed by atoms with Crippen molar-refractivity contribution in [2.75, 3.05) is 0 Å². The lowest BCUT2D eigenvalue weighted by Crippen LogP contribution is -2.01. The molecule has 0 unspecified atom stereocenters. The average Bonchev–Trinajstić information content (AvgIpc) is 3.89. The number of nitrogens with zero attached hydrogens (tertiary/aromatic N) is 5. The van der Waals surface area contributed by atoms with Gasteiger partial charge in [-0.2, -0.15) is 5.26 Å². The third kappa shape index (κ3) is 4.45. The number of aromatic nitrogens is 3. The van der Waals surface area contributed by atoms with Crippen LogP contribution in [0.1, 0.15) is 5.56 Å². The zero-order valence-corrected chi connectivity index (χ0v) is 29.5. The first-order valence-electron chi connectivity index (χ1n) is 18.3.